The number of ether oxygens (including phenoxy) is 1. The molecule has 0 saturated heterocycles. The van der Waals surface area contributed by atoms with Gasteiger partial charge in [-0.25, -0.2) is 0 Å². The van der Waals surface area contributed by atoms with E-state index in [1.54, 1.807) is 11.3 Å². The molecule has 2 atom stereocenters. The summed E-state index contributed by atoms with van der Waals surface area (Å²) in [6.45, 7) is 5.75. The van der Waals surface area contributed by atoms with Crippen molar-refractivity contribution in [1.82, 2.24) is 15.5 Å². The number of aliphatic hydroxyl groups excluding tert-OH is 1. The number of nitrogens with zero attached hydrogens (tertiary/aromatic N) is 2. The van der Waals surface area contributed by atoms with Gasteiger partial charge in [0.25, 0.3) is 0 Å². The Morgan fingerprint density at radius 2 is 2.04 bits per heavy atom. The average Bonchev–Trinajstić information content (AvgIpc) is 3.21. The maximum atomic E-state index is 10.8. The molecule has 0 amide bonds. The van der Waals surface area contributed by atoms with E-state index in [0.717, 1.165) is 42.2 Å². The molecule has 0 bridgehead atoms. The van der Waals surface area contributed by atoms with E-state index in [1.165, 1.54) is 0 Å². The lowest BCUT2D eigenvalue weighted by atomic mass is 9.84. The van der Waals surface area contributed by atoms with E-state index in [0.29, 0.717) is 17.8 Å². The first kappa shape index (κ1) is 17.0. The molecule has 1 aliphatic heterocycles. The lowest BCUT2D eigenvalue weighted by Crippen LogP contribution is -2.54. The van der Waals surface area contributed by atoms with Crippen LogP contribution in [0.3, 0.4) is 0 Å². The van der Waals surface area contributed by atoms with Crippen LogP contribution in [0.2, 0.25) is 0 Å². The van der Waals surface area contributed by atoms with E-state index in [-0.39, 0.29) is 6.04 Å². The van der Waals surface area contributed by atoms with Gasteiger partial charge in [-0.05, 0) is 57.9 Å². The number of hydrogen-bond donors (Lipinski definition) is 2. The Morgan fingerprint density at radius 1 is 1.28 bits per heavy atom. The SMILES string of the molecule is Cc1noc(C2CCC(N[C@H]3c4sccc4OC(C)(C)[C@@H]3O)CC2)n1. The van der Waals surface area contributed by atoms with Crippen LogP contribution in [0.1, 0.15) is 68.1 Å². The second-order valence-corrected chi connectivity index (χ2v) is 8.62. The number of hydrogen-bond acceptors (Lipinski definition) is 7. The lowest BCUT2D eigenvalue weighted by Gasteiger charge is -2.43. The molecule has 0 aromatic carbocycles. The van der Waals surface area contributed by atoms with E-state index >= 15 is 0 Å². The fourth-order valence-electron chi connectivity index (χ4n) is 3.92. The van der Waals surface area contributed by atoms with E-state index in [4.69, 9.17) is 9.26 Å². The normalized spacial score (nSPS) is 31.4. The van der Waals surface area contributed by atoms with E-state index < -0.39 is 11.7 Å². The zero-order valence-electron chi connectivity index (χ0n) is 14.9. The van der Waals surface area contributed by atoms with Crippen LogP contribution in [-0.2, 0) is 0 Å². The van der Waals surface area contributed by atoms with Crippen molar-refractivity contribution in [3.63, 3.8) is 0 Å². The Bertz CT molecular complexity index is 734. The predicted octanol–water partition coefficient (Wildman–Crippen LogP) is 3.33. The number of rotatable bonds is 3. The number of fused-ring (bicyclic) bond motifs is 1. The third-order valence-corrected chi connectivity index (χ3v) is 6.36. The fraction of sp³-hybridized carbons (Fsp3) is 0.667. The monoisotopic (exact) mass is 363 g/mol. The van der Waals surface area contributed by atoms with Gasteiger partial charge in [0.2, 0.25) is 5.89 Å². The van der Waals surface area contributed by atoms with Gasteiger partial charge in [-0.1, -0.05) is 5.16 Å². The summed E-state index contributed by atoms with van der Waals surface area (Å²) in [6, 6.07) is 2.30. The van der Waals surface area contributed by atoms with Crippen molar-refractivity contribution < 1.29 is 14.4 Å². The van der Waals surface area contributed by atoms with Gasteiger partial charge in [0.15, 0.2) is 5.82 Å². The van der Waals surface area contributed by atoms with Crippen molar-refractivity contribution in [3.8, 4) is 5.75 Å². The van der Waals surface area contributed by atoms with Gasteiger partial charge in [0.05, 0.1) is 10.9 Å². The van der Waals surface area contributed by atoms with Gasteiger partial charge in [-0.2, -0.15) is 4.98 Å². The first-order chi connectivity index (χ1) is 11.9. The Balaban J connectivity index is 1.43. The van der Waals surface area contributed by atoms with Gasteiger partial charge in [0, 0.05) is 12.0 Å². The molecule has 1 saturated carbocycles. The Morgan fingerprint density at radius 3 is 2.72 bits per heavy atom. The van der Waals surface area contributed by atoms with Gasteiger partial charge in [-0.3, -0.25) is 0 Å². The quantitative estimate of drug-likeness (QED) is 0.871. The molecule has 2 aliphatic rings. The molecule has 0 radical (unpaired) electrons. The summed E-state index contributed by atoms with van der Waals surface area (Å²) in [6.07, 6.45) is 3.56. The van der Waals surface area contributed by atoms with Crippen LogP contribution in [0.4, 0.5) is 0 Å². The van der Waals surface area contributed by atoms with Crippen molar-refractivity contribution in [3.05, 3.63) is 28.0 Å². The summed E-state index contributed by atoms with van der Waals surface area (Å²) in [5.41, 5.74) is -0.593. The summed E-state index contributed by atoms with van der Waals surface area (Å²) >= 11 is 1.65. The lowest BCUT2D eigenvalue weighted by molar-refractivity contribution is -0.0656. The van der Waals surface area contributed by atoms with Crippen LogP contribution in [0.15, 0.2) is 16.0 Å². The fourth-order valence-corrected chi connectivity index (χ4v) is 4.82. The molecule has 4 rings (SSSR count). The van der Waals surface area contributed by atoms with Crippen LogP contribution in [0, 0.1) is 6.92 Å². The van der Waals surface area contributed by atoms with Gasteiger partial charge in [0.1, 0.15) is 17.5 Å². The van der Waals surface area contributed by atoms with Gasteiger partial charge < -0.3 is 19.7 Å². The molecular formula is C18H25N3O3S. The van der Waals surface area contributed by atoms with Crippen LogP contribution < -0.4 is 10.1 Å². The minimum atomic E-state index is -0.593. The van der Waals surface area contributed by atoms with Crippen LogP contribution >= 0.6 is 11.3 Å². The summed E-state index contributed by atoms with van der Waals surface area (Å²) < 4.78 is 11.3. The first-order valence-corrected chi connectivity index (χ1v) is 9.83. The Kier molecular flexibility index (Phi) is 4.33. The van der Waals surface area contributed by atoms with Gasteiger partial charge in [-0.15, -0.1) is 11.3 Å². The standard InChI is InChI=1S/C18H25N3O3S/c1-10-19-17(24-21-10)11-4-6-12(7-5-11)20-14-15-13(8-9-25-15)23-18(2,3)16(14)22/h8-9,11-12,14,16,20,22H,4-7H2,1-3H3/t11?,12?,14-,16+/m0/s1. The van der Waals surface area contributed by atoms with Gasteiger partial charge >= 0.3 is 0 Å². The van der Waals surface area contributed by atoms with Crippen molar-refractivity contribution in [2.24, 2.45) is 0 Å². The zero-order chi connectivity index (χ0) is 17.6. The molecule has 7 heteroatoms. The molecule has 2 aromatic rings. The topological polar surface area (TPSA) is 80.4 Å². The first-order valence-electron chi connectivity index (χ1n) is 8.95. The molecule has 3 heterocycles. The maximum absolute atomic E-state index is 10.8. The smallest absolute Gasteiger partial charge is 0.229 e. The molecule has 6 nitrogen and oxygen atoms in total. The van der Waals surface area contributed by atoms with Crippen molar-refractivity contribution >= 4 is 11.3 Å². The average molecular weight is 363 g/mol. The van der Waals surface area contributed by atoms with Crippen LogP contribution in [-0.4, -0.2) is 33.0 Å². The van der Waals surface area contributed by atoms with Crippen LogP contribution in [0.5, 0.6) is 5.75 Å². The highest BCUT2D eigenvalue weighted by Crippen LogP contribution is 2.44. The largest absolute Gasteiger partial charge is 0.484 e. The Labute approximate surface area is 151 Å². The second-order valence-electron chi connectivity index (χ2n) is 7.67. The highest BCUT2D eigenvalue weighted by molar-refractivity contribution is 7.10. The Hall–Kier alpha value is -1.44. The van der Waals surface area contributed by atoms with Crippen molar-refractivity contribution in [2.45, 2.75) is 76.2 Å². The summed E-state index contributed by atoms with van der Waals surface area (Å²) in [5.74, 6) is 2.72. The summed E-state index contributed by atoms with van der Waals surface area (Å²) in [4.78, 5) is 5.47. The third-order valence-electron chi connectivity index (χ3n) is 5.38. The predicted molar refractivity (Wildman–Crippen MR) is 94.9 cm³/mol. The summed E-state index contributed by atoms with van der Waals surface area (Å²) in [7, 11) is 0. The molecule has 1 aliphatic carbocycles. The number of nitrogens with one attached hydrogen (secondary N) is 1. The molecule has 1 fully saturated rings. The number of thiophene rings is 1. The highest BCUT2D eigenvalue weighted by atomic mass is 32.1. The molecule has 0 spiro atoms. The molecule has 0 unspecified atom stereocenters. The third kappa shape index (κ3) is 3.20. The van der Waals surface area contributed by atoms with Crippen molar-refractivity contribution in [2.75, 3.05) is 0 Å². The number of aryl methyl sites for hydroxylation is 1. The summed E-state index contributed by atoms with van der Waals surface area (Å²) in [5, 5.41) is 20.4. The molecule has 136 valence electrons. The number of aromatic nitrogens is 2. The van der Waals surface area contributed by atoms with Crippen molar-refractivity contribution in [1.29, 1.82) is 0 Å². The highest BCUT2D eigenvalue weighted by Gasteiger charge is 2.44. The van der Waals surface area contributed by atoms with E-state index in [2.05, 4.69) is 15.5 Å². The second kappa shape index (κ2) is 6.37. The maximum Gasteiger partial charge on any atom is 0.229 e. The minimum absolute atomic E-state index is 0.0778. The molecule has 25 heavy (non-hydrogen) atoms. The van der Waals surface area contributed by atoms with Crippen LogP contribution in [0.25, 0.3) is 0 Å². The minimum Gasteiger partial charge on any atom is -0.484 e. The number of aliphatic hydroxyl groups is 1. The molecule has 2 N–H and O–H groups in total. The molecule has 2 aromatic heterocycles. The zero-order valence-corrected chi connectivity index (χ0v) is 15.7. The molecular weight excluding hydrogens is 338 g/mol. The van der Waals surface area contributed by atoms with E-state index in [9.17, 15) is 5.11 Å². The van der Waals surface area contributed by atoms with E-state index in [1.807, 2.05) is 32.2 Å².